The number of amides is 1. The van der Waals surface area contributed by atoms with Gasteiger partial charge < -0.3 is 25.4 Å². The van der Waals surface area contributed by atoms with Gasteiger partial charge in [0.05, 0.1) is 31.5 Å². The van der Waals surface area contributed by atoms with E-state index in [0.29, 0.717) is 27.8 Å². The summed E-state index contributed by atoms with van der Waals surface area (Å²) >= 11 is 5.28. The molecule has 1 amide bonds. The number of anilines is 1. The molecule has 1 unspecified atom stereocenters. The van der Waals surface area contributed by atoms with Crippen LogP contribution in [-0.4, -0.2) is 25.2 Å². The zero-order valence-electron chi connectivity index (χ0n) is 15.3. The van der Waals surface area contributed by atoms with Crippen LogP contribution in [0.5, 0.6) is 11.5 Å². The lowest BCUT2D eigenvalue weighted by molar-refractivity contribution is -0.113. The number of hydrogen-bond acceptors (Lipinski definition) is 4. The van der Waals surface area contributed by atoms with Crippen molar-refractivity contribution in [2.75, 3.05) is 19.5 Å². The van der Waals surface area contributed by atoms with E-state index in [9.17, 15) is 4.79 Å². The molecule has 27 heavy (non-hydrogen) atoms. The predicted molar refractivity (Wildman–Crippen MR) is 109 cm³/mol. The van der Waals surface area contributed by atoms with Crippen LogP contribution in [0.1, 0.15) is 18.5 Å². The van der Waals surface area contributed by atoms with Gasteiger partial charge in [0.15, 0.2) is 5.11 Å². The molecule has 1 aliphatic rings. The third-order valence-electron chi connectivity index (χ3n) is 4.32. The van der Waals surface area contributed by atoms with Crippen molar-refractivity contribution in [3.63, 3.8) is 0 Å². The monoisotopic (exact) mass is 383 g/mol. The van der Waals surface area contributed by atoms with Gasteiger partial charge in [-0.15, -0.1) is 0 Å². The average molecular weight is 383 g/mol. The molecule has 0 aliphatic carbocycles. The van der Waals surface area contributed by atoms with Gasteiger partial charge in [0, 0.05) is 5.70 Å². The number of benzene rings is 2. The fourth-order valence-corrected chi connectivity index (χ4v) is 3.25. The largest absolute Gasteiger partial charge is 0.497 e. The third-order valence-corrected chi connectivity index (χ3v) is 4.54. The van der Waals surface area contributed by atoms with Gasteiger partial charge in [0.1, 0.15) is 11.5 Å². The molecule has 140 valence electrons. The number of rotatable bonds is 5. The van der Waals surface area contributed by atoms with Crippen molar-refractivity contribution in [2.45, 2.75) is 13.0 Å². The Balaban J connectivity index is 1.94. The molecule has 0 saturated carbocycles. The highest BCUT2D eigenvalue weighted by Gasteiger charge is 2.30. The Kier molecular flexibility index (Phi) is 5.61. The van der Waals surface area contributed by atoms with E-state index >= 15 is 0 Å². The highest BCUT2D eigenvalue weighted by molar-refractivity contribution is 7.80. The summed E-state index contributed by atoms with van der Waals surface area (Å²) in [6.07, 6.45) is 0. The van der Waals surface area contributed by atoms with Crippen molar-refractivity contribution >= 4 is 28.9 Å². The first-order valence-electron chi connectivity index (χ1n) is 8.40. The van der Waals surface area contributed by atoms with Crippen LogP contribution in [0, 0.1) is 0 Å². The highest BCUT2D eigenvalue weighted by atomic mass is 32.1. The van der Waals surface area contributed by atoms with E-state index in [1.54, 1.807) is 26.4 Å². The number of hydrogen-bond donors (Lipinski definition) is 3. The maximum Gasteiger partial charge on any atom is 0.255 e. The molecular formula is C20H21N3O3S. The molecule has 1 aliphatic heterocycles. The molecule has 2 aromatic carbocycles. The van der Waals surface area contributed by atoms with E-state index in [0.717, 1.165) is 11.3 Å². The minimum atomic E-state index is -0.376. The number of carbonyl (C=O) groups is 1. The molecule has 2 aromatic rings. The van der Waals surface area contributed by atoms with Crippen LogP contribution in [0.15, 0.2) is 59.8 Å². The molecular weight excluding hydrogens is 362 g/mol. The number of para-hydroxylation sites is 2. The summed E-state index contributed by atoms with van der Waals surface area (Å²) in [5.41, 5.74) is 2.77. The quantitative estimate of drug-likeness (QED) is 0.689. The summed E-state index contributed by atoms with van der Waals surface area (Å²) in [5, 5.41) is 9.61. The molecule has 1 atom stereocenters. The Morgan fingerprint density at radius 2 is 1.78 bits per heavy atom. The first-order chi connectivity index (χ1) is 13.0. The predicted octanol–water partition coefficient (Wildman–Crippen LogP) is 3.14. The second-order valence-corrected chi connectivity index (χ2v) is 6.41. The van der Waals surface area contributed by atoms with Gasteiger partial charge in [0.25, 0.3) is 5.91 Å². The van der Waals surface area contributed by atoms with Gasteiger partial charge >= 0.3 is 0 Å². The second kappa shape index (κ2) is 8.09. The second-order valence-electron chi connectivity index (χ2n) is 6.00. The van der Waals surface area contributed by atoms with Crippen molar-refractivity contribution < 1.29 is 14.3 Å². The summed E-state index contributed by atoms with van der Waals surface area (Å²) in [6, 6.07) is 14.4. The number of methoxy groups -OCH3 is 2. The number of allylic oxidation sites excluding steroid dienone is 1. The molecule has 0 spiro atoms. The van der Waals surface area contributed by atoms with Crippen LogP contribution in [0.2, 0.25) is 0 Å². The SMILES string of the molecule is COc1ccc(C2NC(=S)NC(C)=C2C(=O)Nc2ccccc2OC)cc1. The van der Waals surface area contributed by atoms with Crippen LogP contribution in [0.25, 0.3) is 0 Å². The van der Waals surface area contributed by atoms with Crippen molar-refractivity contribution in [3.8, 4) is 11.5 Å². The summed E-state index contributed by atoms with van der Waals surface area (Å²) in [7, 11) is 3.18. The van der Waals surface area contributed by atoms with Crippen molar-refractivity contribution in [2.24, 2.45) is 0 Å². The number of thiocarbonyl (C=S) groups is 1. The standard InChI is InChI=1S/C20H21N3O3S/c1-12-17(19(24)22-15-6-4-5-7-16(15)26-3)18(23-20(27)21-12)13-8-10-14(25-2)11-9-13/h4-11,18H,1-3H3,(H,22,24)(H2,21,23,27). The van der Waals surface area contributed by atoms with Crippen LogP contribution in [0.4, 0.5) is 5.69 Å². The molecule has 0 bridgehead atoms. The Labute approximate surface area is 163 Å². The Morgan fingerprint density at radius 1 is 1.07 bits per heavy atom. The summed E-state index contributed by atoms with van der Waals surface area (Å²) in [4.78, 5) is 13.1. The Bertz CT molecular complexity index is 894. The fraction of sp³-hybridized carbons (Fsp3) is 0.200. The zero-order valence-corrected chi connectivity index (χ0v) is 16.1. The lowest BCUT2D eigenvalue weighted by Crippen LogP contribution is -2.45. The maximum absolute atomic E-state index is 13.1. The lowest BCUT2D eigenvalue weighted by atomic mass is 9.95. The van der Waals surface area contributed by atoms with Gasteiger partial charge in [-0.05, 0) is 49.0 Å². The van der Waals surface area contributed by atoms with E-state index < -0.39 is 0 Å². The van der Waals surface area contributed by atoms with E-state index in [4.69, 9.17) is 21.7 Å². The minimum Gasteiger partial charge on any atom is -0.497 e. The first-order valence-corrected chi connectivity index (χ1v) is 8.81. The molecule has 3 rings (SSSR count). The van der Waals surface area contributed by atoms with Gasteiger partial charge in [0.2, 0.25) is 0 Å². The maximum atomic E-state index is 13.1. The number of nitrogens with one attached hydrogen (secondary N) is 3. The molecule has 1 heterocycles. The van der Waals surface area contributed by atoms with Crippen LogP contribution in [0.3, 0.4) is 0 Å². The van der Waals surface area contributed by atoms with Crippen molar-refractivity contribution in [1.29, 1.82) is 0 Å². The van der Waals surface area contributed by atoms with Crippen molar-refractivity contribution in [1.82, 2.24) is 10.6 Å². The van der Waals surface area contributed by atoms with Gasteiger partial charge in [-0.3, -0.25) is 4.79 Å². The number of carbonyl (C=O) groups excluding carboxylic acids is 1. The number of ether oxygens (including phenoxy) is 2. The zero-order chi connectivity index (χ0) is 19.4. The summed E-state index contributed by atoms with van der Waals surface area (Å²) in [5.74, 6) is 1.11. The van der Waals surface area contributed by atoms with Crippen LogP contribution >= 0.6 is 12.2 Å². The van der Waals surface area contributed by atoms with E-state index in [2.05, 4.69) is 16.0 Å². The molecule has 0 saturated heterocycles. The summed E-state index contributed by atoms with van der Waals surface area (Å²) < 4.78 is 10.5. The minimum absolute atomic E-state index is 0.236. The van der Waals surface area contributed by atoms with Gasteiger partial charge in [-0.2, -0.15) is 0 Å². The average Bonchev–Trinajstić information content (AvgIpc) is 2.67. The molecule has 0 aromatic heterocycles. The Hall–Kier alpha value is -3.06. The first kappa shape index (κ1) is 18.7. The smallest absolute Gasteiger partial charge is 0.255 e. The normalized spacial score (nSPS) is 16.3. The Morgan fingerprint density at radius 3 is 2.44 bits per heavy atom. The van der Waals surface area contributed by atoms with Crippen molar-refractivity contribution in [3.05, 3.63) is 65.4 Å². The van der Waals surface area contributed by atoms with E-state index in [1.807, 2.05) is 43.3 Å². The molecule has 6 nitrogen and oxygen atoms in total. The van der Waals surface area contributed by atoms with Crippen LogP contribution in [-0.2, 0) is 4.79 Å². The summed E-state index contributed by atoms with van der Waals surface area (Å²) in [6.45, 7) is 1.83. The van der Waals surface area contributed by atoms with Crippen LogP contribution < -0.4 is 25.4 Å². The van der Waals surface area contributed by atoms with E-state index in [1.165, 1.54) is 0 Å². The third kappa shape index (κ3) is 4.03. The molecule has 7 heteroatoms. The lowest BCUT2D eigenvalue weighted by Gasteiger charge is -2.30. The fourth-order valence-electron chi connectivity index (χ4n) is 2.98. The molecule has 0 radical (unpaired) electrons. The van der Waals surface area contributed by atoms with Gasteiger partial charge in [-0.25, -0.2) is 0 Å². The van der Waals surface area contributed by atoms with Gasteiger partial charge in [-0.1, -0.05) is 24.3 Å². The molecule has 3 N–H and O–H groups in total. The highest BCUT2D eigenvalue weighted by Crippen LogP contribution is 2.30. The topological polar surface area (TPSA) is 71.6 Å². The molecule has 0 fully saturated rings. The van der Waals surface area contributed by atoms with E-state index in [-0.39, 0.29) is 11.9 Å².